The van der Waals surface area contributed by atoms with Gasteiger partial charge in [0.05, 0.1) is 24.8 Å². The van der Waals surface area contributed by atoms with Crippen molar-refractivity contribution >= 4 is 37.9 Å². The quantitative estimate of drug-likeness (QED) is 0.570. The number of nitrogens with zero attached hydrogens (tertiary/aromatic N) is 1. The van der Waals surface area contributed by atoms with Crippen LogP contribution in [-0.2, 0) is 14.6 Å². The van der Waals surface area contributed by atoms with Crippen LogP contribution in [-0.4, -0.2) is 44.3 Å². The normalized spacial score (nSPS) is 19.8. The molecular formula is C14H17BrN2O5S. The largest absolute Gasteiger partial charge is 0.504 e. The molecule has 7 nitrogen and oxygen atoms in total. The van der Waals surface area contributed by atoms with Gasteiger partial charge in [0.25, 0.3) is 0 Å². The third-order valence-electron chi connectivity index (χ3n) is 3.48. The fraction of sp³-hybridized carbons (Fsp3) is 0.429. The van der Waals surface area contributed by atoms with Crippen molar-refractivity contribution in [2.45, 2.75) is 12.8 Å². The highest BCUT2D eigenvalue weighted by molar-refractivity contribution is 9.10. The molecule has 1 aromatic rings. The Morgan fingerprint density at radius 1 is 1.57 bits per heavy atom. The molecule has 0 aromatic heterocycles. The van der Waals surface area contributed by atoms with Crippen LogP contribution >= 0.6 is 15.9 Å². The number of nitrogens with one attached hydrogen (secondary N) is 1. The number of hydrazone groups is 1. The number of phenols is 1. The zero-order chi connectivity index (χ0) is 17.0. The van der Waals surface area contributed by atoms with Gasteiger partial charge in [-0.15, -0.1) is 0 Å². The average molecular weight is 405 g/mol. The highest BCUT2D eigenvalue weighted by atomic mass is 79.9. The third kappa shape index (κ3) is 4.93. The molecule has 1 aliphatic heterocycles. The van der Waals surface area contributed by atoms with Crippen molar-refractivity contribution in [2.24, 2.45) is 11.0 Å². The molecule has 23 heavy (non-hydrogen) atoms. The predicted octanol–water partition coefficient (Wildman–Crippen LogP) is 1.44. The number of carbonyl (C=O) groups is 1. The second-order valence-electron chi connectivity index (χ2n) is 5.31. The van der Waals surface area contributed by atoms with Crippen LogP contribution in [0.3, 0.4) is 0 Å². The Labute approximate surface area is 142 Å². The Hall–Kier alpha value is -1.61. The van der Waals surface area contributed by atoms with E-state index in [2.05, 4.69) is 26.5 Å². The summed E-state index contributed by atoms with van der Waals surface area (Å²) in [4.78, 5) is 11.8. The van der Waals surface area contributed by atoms with Crippen LogP contribution in [0.15, 0.2) is 21.7 Å². The minimum Gasteiger partial charge on any atom is -0.504 e. The molecule has 1 amide bonds. The van der Waals surface area contributed by atoms with E-state index in [9.17, 15) is 18.3 Å². The molecule has 2 rings (SSSR count). The van der Waals surface area contributed by atoms with Gasteiger partial charge in [0.15, 0.2) is 21.3 Å². The van der Waals surface area contributed by atoms with Crippen LogP contribution in [0.1, 0.15) is 18.4 Å². The molecule has 0 aliphatic carbocycles. The summed E-state index contributed by atoms with van der Waals surface area (Å²) in [6, 6.07) is 3.23. The van der Waals surface area contributed by atoms with Gasteiger partial charge in [-0.2, -0.15) is 5.10 Å². The Morgan fingerprint density at radius 2 is 2.30 bits per heavy atom. The van der Waals surface area contributed by atoms with Gasteiger partial charge < -0.3 is 9.84 Å². The molecule has 0 bridgehead atoms. The molecule has 1 heterocycles. The van der Waals surface area contributed by atoms with Crippen molar-refractivity contribution in [3.8, 4) is 11.5 Å². The minimum atomic E-state index is -2.99. The molecule has 1 fully saturated rings. The Kier molecular flexibility index (Phi) is 5.64. The summed E-state index contributed by atoms with van der Waals surface area (Å²) < 4.78 is 28.4. The molecule has 0 unspecified atom stereocenters. The van der Waals surface area contributed by atoms with Crippen LogP contribution in [0.5, 0.6) is 11.5 Å². The Morgan fingerprint density at radius 3 is 2.91 bits per heavy atom. The molecule has 9 heteroatoms. The SMILES string of the molecule is COc1cc(Br)cc(/C=N/NC(=O)C[C@H]2CCS(=O)(=O)C2)c1O. The molecule has 1 saturated heterocycles. The molecule has 2 N–H and O–H groups in total. The first-order valence-electron chi connectivity index (χ1n) is 6.89. The fourth-order valence-electron chi connectivity index (χ4n) is 2.36. The lowest BCUT2D eigenvalue weighted by atomic mass is 10.1. The zero-order valence-electron chi connectivity index (χ0n) is 12.5. The first-order valence-corrected chi connectivity index (χ1v) is 9.51. The molecular weight excluding hydrogens is 388 g/mol. The monoisotopic (exact) mass is 404 g/mol. The molecule has 0 radical (unpaired) electrons. The van der Waals surface area contributed by atoms with Crippen LogP contribution in [0.25, 0.3) is 0 Å². The molecule has 1 atom stereocenters. The van der Waals surface area contributed by atoms with Gasteiger partial charge >= 0.3 is 0 Å². The number of hydrogen-bond donors (Lipinski definition) is 2. The van der Waals surface area contributed by atoms with Gasteiger partial charge in [-0.25, -0.2) is 13.8 Å². The molecule has 1 aliphatic rings. The summed E-state index contributed by atoms with van der Waals surface area (Å²) in [7, 11) is -1.56. The Balaban J connectivity index is 1.94. The molecule has 1 aromatic carbocycles. The maximum absolute atomic E-state index is 11.8. The highest BCUT2D eigenvalue weighted by Gasteiger charge is 2.29. The number of methoxy groups -OCH3 is 1. The highest BCUT2D eigenvalue weighted by Crippen LogP contribution is 2.32. The van der Waals surface area contributed by atoms with Gasteiger partial charge in [0.1, 0.15) is 0 Å². The summed E-state index contributed by atoms with van der Waals surface area (Å²) in [5, 5.41) is 13.7. The van der Waals surface area contributed by atoms with E-state index in [4.69, 9.17) is 4.74 Å². The van der Waals surface area contributed by atoms with Gasteiger partial charge in [0, 0.05) is 16.5 Å². The van der Waals surface area contributed by atoms with Crippen LogP contribution in [0.4, 0.5) is 0 Å². The summed E-state index contributed by atoms with van der Waals surface area (Å²) in [5.41, 5.74) is 2.71. The van der Waals surface area contributed by atoms with Crippen LogP contribution < -0.4 is 10.2 Å². The summed E-state index contributed by atoms with van der Waals surface area (Å²) in [5.74, 6) is -0.133. The number of carbonyl (C=O) groups excluding carboxylic acids is 1. The van der Waals surface area contributed by atoms with Crippen molar-refractivity contribution in [1.29, 1.82) is 0 Å². The van der Waals surface area contributed by atoms with Crippen LogP contribution in [0, 0.1) is 5.92 Å². The molecule has 0 saturated carbocycles. The summed E-state index contributed by atoms with van der Waals surface area (Å²) >= 11 is 3.28. The van der Waals surface area contributed by atoms with E-state index in [-0.39, 0.29) is 41.3 Å². The van der Waals surface area contributed by atoms with Crippen molar-refractivity contribution in [2.75, 3.05) is 18.6 Å². The van der Waals surface area contributed by atoms with Gasteiger partial charge in [0.2, 0.25) is 5.91 Å². The smallest absolute Gasteiger partial charge is 0.240 e. The van der Waals surface area contributed by atoms with Gasteiger partial charge in [-0.05, 0) is 24.5 Å². The number of hydrogen-bond acceptors (Lipinski definition) is 6. The molecule has 0 spiro atoms. The van der Waals surface area contributed by atoms with E-state index in [1.54, 1.807) is 12.1 Å². The van der Waals surface area contributed by atoms with Crippen LogP contribution in [0.2, 0.25) is 0 Å². The topological polar surface area (TPSA) is 105 Å². The van der Waals surface area contributed by atoms with E-state index in [1.165, 1.54) is 13.3 Å². The minimum absolute atomic E-state index is 0.0494. The maximum atomic E-state index is 11.8. The summed E-state index contributed by atoms with van der Waals surface area (Å²) in [6.45, 7) is 0. The fourth-order valence-corrected chi connectivity index (χ4v) is 4.68. The third-order valence-corrected chi connectivity index (χ3v) is 5.78. The number of amides is 1. The van der Waals surface area contributed by atoms with Crippen molar-refractivity contribution < 1.29 is 23.1 Å². The Bertz CT molecular complexity index is 733. The predicted molar refractivity (Wildman–Crippen MR) is 89.5 cm³/mol. The first kappa shape index (κ1) is 17.7. The lowest BCUT2D eigenvalue weighted by Gasteiger charge is -2.07. The number of aromatic hydroxyl groups is 1. The number of ether oxygens (including phenoxy) is 1. The average Bonchev–Trinajstić information content (AvgIpc) is 2.81. The van der Waals surface area contributed by atoms with Gasteiger partial charge in [-0.3, -0.25) is 4.79 Å². The standard InChI is InChI=1S/C14H17BrN2O5S/c1-22-12-6-11(15)5-10(14(12)19)7-16-17-13(18)4-9-2-3-23(20,21)8-9/h5-7,9,19H,2-4,8H2,1H3,(H,17,18)/b16-7+/t9-/m1/s1. The number of sulfone groups is 1. The van der Waals surface area contributed by atoms with E-state index in [0.29, 0.717) is 16.5 Å². The first-order chi connectivity index (χ1) is 10.8. The second kappa shape index (κ2) is 7.31. The van der Waals surface area contributed by atoms with Crippen molar-refractivity contribution in [3.05, 3.63) is 22.2 Å². The number of benzene rings is 1. The van der Waals surface area contributed by atoms with Crippen molar-refractivity contribution in [3.63, 3.8) is 0 Å². The summed E-state index contributed by atoms with van der Waals surface area (Å²) in [6.07, 6.45) is 1.92. The van der Waals surface area contributed by atoms with E-state index in [1.807, 2.05) is 0 Å². The zero-order valence-corrected chi connectivity index (χ0v) is 14.9. The van der Waals surface area contributed by atoms with E-state index in [0.717, 1.165) is 0 Å². The van der Waals surface area contributed by atoms with Gasteiger partial charge in [-0.1, -0.05) is 15.9 Å². The number of halogens is 1. The lowest BCUT2D eigenvalue weighted by Crippen LogP contribution is -2.21. The number of phenolic OH excluding ortho intramolecular Hbond substituents is 1. The van der Waals surface area contributed by atoms with Crippen molar-refractivity contribution in [1.82, 2.24) is 5.43 Å². The molecule has 126 valence electrons. The number of rotatable bonds is 5. The van der Waals surface area contributed by atoms with E-state index >= 15 is 0 Å². The van der Waals surface area contributed by atoms with E-state index < -0.39 is 9.84 Å². The maximum Gasteiger partial charge on any atom is 0.240 e. The second-order valence-corrected chi connectivity index (χ2v) is 8.46. The lowest BCUT2D eigenvalue weighted by molar-refractivity contribution is -0.121.